The van der Waals surface area contributed by atoms with Crippen molar-refractivity contribution in [2.45, 2.75) is 6.42 Å². The number of hydrogen-bond donors (Lipinski definition) is 2. The van der Waals surface area contributed by atoms with E-state index in [1.54, 1.807) is 18.2 Å². The van der Waals surface area contributed by atoms with E-state index < -0.39 is 4.92 Å². The third-order valence-corrected chi connectivity index (χ3v) is 2.22. The highest BCUT2D eigenvalue weighted by atomic mass is 16.6. The number of hydrogen-bond acceptors (Lipinski definition) is 3. The summed E-state index contributed by atoms with van der Waals surface area (Å²) in [5.41, 5.74) is 1.01. The molecule has 6 heteroatoms. The fourth-order valence-corrected chi connectivity index (χ4v) is 1.51. The summed E-state index contributed by atoms with van der Waals surface area (Å²) < 4.78 is 0. The molecule has 0 spiro atoms. The predicted octanol–water partition coefficient (Wildman–Crippen LogP) is 1.20. The molecule has 0 saturated carbocycles. The van der Waals surface area contributed by atoms with E-state index in [0.29, 0.717) is 17.7 Å². The van der Waals surface area contributed by atoms with Crippen LogP contribution in [0.4, 0.5) is 5.69 Å². The Hall–Kier alpha value is -2.37. The van der Waals surface area contributed by atoms with E-state index >= 15 is 0 Å². The molecule has 16 heavy (non-hydrogen) atoms. The van der Waals surface area contributed by atoms with Gasteiger partial charge >= 0.3 is 0 Å². The van der Waals surface area contributed by atoms with Crippen molar-refractivity contribution >= 4 is 5.69 Å². The highest BCUT2D eigenvalue weighted by Gasteiger charge is 2.12. The zero-order valence-electron chi connectivity index (χ0n) is 8.27. The molecule has 0 radical (unpaired) electrons. The van der Waals surface area contributed by atoms with Crippen molar-refractivity contribution in [1.82, 2.24) is 10.2 Å². The standard InChI is InChI=1S/C10H9N3O3/c14-10-6-8(11-12-10)5-7-3-1-2-4-9(7)13(15)16/h1-4,6H,5H2,(H2,11,12,14). The molecule has 1 aromatic heterocycles. The molecular weight excluding hydrogens is 210 g/mol. The number of para-hydroxylation sites is 1. The van der Waals surface area contributed by atoms with Crippen LogP contribution in [0.25, 0.3) is 0 Å². The Bertz CT molecular complexity index is 570. The van der Waals surface area contributed by atoms with E-state index in [2.05, 4.69) is 10.2 Å². The van der Waals surface area contributed by atoms with Gasteiger partial charge in [0.2, 0.25) is 0 Å². The first-order valence-electron chi connectivity index (χ1n) is 4.65. The molecule has 0 saturated heterocycles. The molecule has 82 valence electrons. The molecule has 0 fully saturated rings. The second-order valence-corrected chi connectivity index (χ2v) is 3.35. The maximum Gasteiger partial charge on any atom is 0.272 e. The molecule has 0 aliphatic heterocycles. The highest BCUT2D eigenvalue weighted by molar-refractivity contribution is 5.41. The van der Waals surface area contributed by atoms with Gasteiger partial charge in [0.05, 0.1) is 4.92 Å². The maximum absolute atomic E-state index is 10.9. The van der Waals surface area contributed by atoms with E-state index in [1.807, 2.05) is 0 Å². The zero-order valence-corrected chi connectivity index (χ0v) is 8.27. The average Bonchev–Trinajstić information content (AvgIpc) is 2.64. The molecule has 6 nitrogen and oxygen atoms in total. The van der Waals surface area contributed by atoms with Gasteiger partial charge < -0.3 is 5.10 Å². The van der Waals surface area contributed by atoms with E-state index in [0.717, 1.165) is 0 Å². The van der Waals surface area contributed by atoms with Crippen molar-refractivity contribution in [2.24, 2.45) is 0 Å². The minimum Gasteiger partial charge on any atom is -0.302 e. The Morgan fingerprint density at radius 1 is 1.25 bits per heavy atom. The van der Waals surface area contributed by atoms with Crippen molar-refractivity contribution in [3.63, 3.8) is 0 Å². The largest absolute Gasteiger partial charge is 0.302 e. The molecular formula is C10H9N3O3. The van der Waals surface area contributed by atoms with Gasteiger partial charge in [-0.3, -0.25) is 20.0 Å². The first-order chi connectivity index (χ1) is 7.66. The van der Waals surface area contributed by atoms with Gasteiger partial charge in [-0.1, -0.05) is 18.2 Å². The van der Waals surface area contributed by atoms with E-state index in [-0.39, 0.29) is 11.2 Å². The van der Waals surface area contributed by atoms with Gasteiger partial charge in [-0.2, -0.15) is 0 Å². The van der Waals surface area contributed by atoms with Gasteiger partial charge in [0.15, 0.2) is 0 Å². The van der Waals surface area contributed by atoms with Crippen molar-refractivity contribution < 1.29 is 4.92 Å². The first-order valence-corrected chi connectivity index (χ1v) is 4.65. The maximum atomic E-state index is 10.9. The lowest BCUT2D eigenvalue weighted by atomic mass is 10.1. The molecule has 1 heterocycles. The number of nitrogens with zero attached hydrogens (tertiary/aromatic N) is 1. The fourth-order valence-electron chi connectivity index (χ4n) is 1.51. The molecule has 0 unspecified atom stereocenters. The van der Waals surface area contributed by atoms with Crippen LogP contribution in [0.15, 0.2) is 35.1 Å². The molecule has 0 aliphatic carbocycles. The van der Waals surface area contributed by atoms with E-state index in [1.165, 1.54) is 12.1 Å². The summed E-state index contributed by atoms with van der Waals surface area (Å²) in [6, 6.07) is 7.84. The molecule has 0 bridgehead atoms. The van der Waals surface area contributed by atoms with Crippen LogP contribution in [0.5, 0.6) is 0 Å². The number of aromatic nitrogens is 2. The monoisotopic (exact) mass is 219 g/mol. The zero-order chi connectivity index (χ0) is 11.5. The van der Waals surface area contributed by atoms with Crippen LogP contribution in [0.2, 0.25) is 0 Å². The smallest absolute Gasteiger partial charge is 0.272 e. The molecule has 2 rings (SSSR count). The number of nitrogens with one attached hydrogen (secondary N) is 2. The summed E-state index contributed by atoms with van der Waals surface area (Å²) >= 11 is 0. The average molecular weight is 219 g/mol. The number of H-pyrrole nitrogens is 2. The Morgan fingerprint density at radius 3 is 2.62 bits per heavy atom. The minimum atomic E-state index is -0.430. The third kappa shape index (κ3) is 2.00. The Morgan fingerprint density at radius 2 is 2.00 bits per heavy atom. The van der Waals surface area contributed by atoms with Crippen LogP contribution in [0.3, 0.4) is 0 Å². The summed E-state index contributed by atoms with van der Waals surface area (Å²) in [4.78, 5) is 21.2. The predicted molar refractivity (Wildman–Crippen MR) is 57.3 cm³/mol. The van der Waals surface area contributed by atoms with Crippen molar-refractivity contribution in [3.8, 4) is 0 Å². The first kappa shape index (κ1) is 10.2. The van der Waals surface area contributed by atoms with Crippen LogP contribution >= 0.6 is 0 Å². The van der Waals surface area contributed by atoms with E-state index in [4.69, 9.17) is 0 Å². The summed E-state index contributed by atoms with van der Waals surface area (Å²) in [5, 5.41) is 15.8. The Labute approximate surface area is 90.1 Å². The fraction of sp³-hybridized carbons (Fsp3) is 0.100. The molecule has 0 aliphatic rings. The molecule has 2 N–H and O–H groups in total. The van der Waals surface area contributed by atoms with Crippen molar-refractivity contribution in [2.75, 3.05) is 0 Å². The second-order valence-electron chi connectivity index (χ2n) is 3.35. The van der Waals surface area contributed by atoms with E-state index in [9.17, 15) is 14.9 Å². The lowest BCUT2D eigenvalue weighted by Crippen LogP contribution is -1.96. The summed E-state index contributed by atoms with van der Waals surface area (Å²) in [5.74, 6) is 0. The normalized spacial score (nSPS) is 10.2. The van der Waals surface area contributed by atoms with Gasteiger partial charge in [0.1, 0.15) is 0 Å². The summed E-state index contributed by atoms with van der Waals surface area (Å²) in [6.07, 6.45) is 0.329. The van der Waals surface area contributed by atoms with Crippen LogP contribution in [0, 0.1) is 10.1 Å². The topological polar surface area (TPSA) is 91.8 Å². The number of nitro groups is 1. The highest BCUT2D eigenvalue weighted by Crippen LogP contribution is 2.19. The molecule has 2 aromatic rings. The molecule has 1 aromatic carbocycles. The Kier molecular flexibility index (Phi) is 2.55. The van der Waals surface area contributed by atoms with Crippen LogP contribution in [0.1, 0.15) is 11.3 Å². The summed E-state index contributed by atoms with van der Waals surface area (Å²) in [7, 11) is 0. The number of aromatic amines is 2. The van der Waals surface area contributed by atoms with Crippen LogP contribution in [-0.4, -0.2) is 15.1 Å². The number of rotatable bonds is 3. The third-order valence-electron chi connectivity index (χ3n) is 2.22. The van der Waals surface area contributed by atoms with Gasteiger partial charge in [-0.05, 0) is 0 Å². The SMILES string of the molecule is O=c1cc(Cc2ccccc2[N+](=O)[O-])[nH][nH]1. The number of nitro benzene ring substituents is 1. The summed E-state index contributed by atoms with van der Waals surface area (Å²) in [6.45, 7) is 0. The number of benzene rings is 1. The van der Waals surface area contributed by atoms with Crippen molar-refractivity contribution in [3.05, 3.63) is 62.1 Å². The van der Waals surface area contributed by atoms with Gasteiger partial charge in [0.25, 0.3) is 11.2 Å². The van der Waals surface area contributed by atoms with Gasteiger partial charge in [0, 0.05) is 29.8 Å². The van der Waals surface area contributed by atoms with Crippen molar-refractivity contribution in [1.29, 1.82) is 0 Å². The molecule has 0 atom stereocenters. The molecule has 0 amide bonds. The Balaban J connectivity index is 2.34. The van der Waals surface area contributed by atoms with Crippen LogP contribution in [-0.2, 0) is 6.42 Å². The van der Waals surface area contributed by atoms with Crippen LogP contribution < -0.4 is 5.56 Å². The lowest BCUT2D eigenvalue weighted by molar-refractivity contribution is -0.385. The lowest BCUT2D eigenvalue weighted by Gasteiger charge is -2.00. The quantitative estimate of drug-likeness (QED) is 0.600. The minimum absolute atomic E-state index is 0.0598. The van der Waals surface area contributed by atoms with Gasteiger partial charge in [-0.15, -0.1) is 0 Å². The second kappa shape index (κ2) is 4.01. The van der Waals surface area contributed by atoms with Gasteiger partial charge in [-0.25, -0.2) is 0 Å².